The maximum absolute atomic E-state index is 8.95. The Morgan fingerprint density at radius 2 is 1.95 bits per heavy atom. The standard InChI is InChI=1S/C16H22ClN3O/c1-11(8-9-21)18-10-16-12(2)19-20(13(16)3)15-6-4-14(17)5-7-15/h4-7,11,18,21H,8-10H2,1-3H3/t11-/m1/s1. The molecule has 0 aliphatic carbocycles. The summed E-state index contributed by atoms with van der Waals surface area (Å²) in [5.74, 6) is 0. The van der Waals surface area contributed by atoms with Crippen molar-refractivity contribution in [2.75, 3.05) is 6.61 Å². The summed E-state index contributed by atoms with van der Waals surface area (Å²) in [7, 11) is 0. The van der Waals surface area contributed by atoms with Crippen molar-refractivity contribution in [2.24, 2.45) is 0 Å². The highest BCUT2D eigenvalue weighted by atomic mass is 35.5. The van der Waals surface area contributed by atoms with E-state index >= 15 is 0 Å². The fourth-order valence-corrected chi connectivity index (χ4v) is 2.46. The first-order chi connectivity index (χ1) is 10.0. The lowest BCUT2D eigenvalue weighted by atomic mass is 10.1. The Morgan fingerprint density at radius 3 is 2.57 bits per heavy atom. The Bertz CT molecular complexity index is 592. The molecule has 0 saturated carbocycles. The van der Waals surface area contributed by atoms with Gasteiger partial charge in [-0.15, -0.1) is 0 Å². The molecule has 2 aromatic rings. The van der Waals surface area contributed by atoms with E-state index in [1.54, 1.807) is 0 Å². The molecule has 4 nitrogen and oxygen atoms in total. The number of nitrogens with one attached hydrogen (secondary N) is 1. The molecule has 0 aliphatic heterocycles. The van der Waals surface area contributed by atoms with Crippen molar-refractivity contribution >= 4 is 11.6 Å². The number of aryl methyl sites for hydroxylation is 1. The summed E-state index contributed by atoms with van der Waals surface area (Å²) in [4.78, 5) is 0. The van der Waals surface area contributed by atoms with Crippen LogP contribution in [-0.4, -0.2) is 27.5 Å². The maximum atomic E-state index is 8.95. The molecule has 0 saturated heterocycles. The molecule has 0 radical (unpaired) electrons. The molecule has 2 N–H and O–H groups in total. The summed E-state index contributed by atoms with van der Waals surface area (Å²) in [5.41, 5.74) is 4.36. The molecule has 1 aromatic heterocycles. The van der Waals surface area contributed by atoms with E-state index in [0.717, 1.165) is 35.1 Å². The lowest BCUT2D eigenvalue weighted by molar-refractivity contribution is 0.268. The van der Waals surface area contributed by atoms with Gasteiger partial charge in [0.05, 0.1) is 11.4 Å². The maximum Gasteiger partial charge on any atom is 0.0649 e. The number of hydrogen-bond donors (Lipinski definition) is 2. The molecule has 1 aromatic carbocycles. The smallest absolute Gasteiger partial charge is 0.0649 e. The van der Waals surface area contributed by atoms with Gasteiger partial charge in [-0.2, -0.15) is 5.10 Å². The lowest BCUT2D eigenvalue weighted by Gasteiger charge is -2.12. The average Bonchev–Trinajstić information content (AvgIpc) is 2.73. The predicted molar refractivity (Wildman–Crippen MR) is 86.1 cm³/mol. The minimum atomic E-state index is 0.205. The first-order valence-corrected chi connectivity index (χ1v) is 7.56. The van der Waals surface area contributed by atoms with Crippen molar-refractivity contribution in [3.8, 4) is 5.69 Å². The monoisotopic (exact) mass is 307 g/mol. The SMILES string of the molecule is Cc1nn(-c2ccc(Cl)cc2)c(C)c1CN[C@H](C)CCO. The van der Waals surface area contributed by atoms with Gasteiger partial charge in [0, 0.05) is 35.5 Å². The summed E-state index contributed by atoms with van der Waals surface area (Å²) in [6, 6.07) is 7.96. The molecule has 0 fully saturated rings. The van der Waals surface area contributed by atoms with Crippen LogP contribution in [0.4, 0.5) is 0 Å². The second-order valence-corrected chi connectivity index (χ2v) is 5.77. The zero-order valence-corrected chi connectivity index (χ0v) is 13.5. The van der Waals surface area contributed by atoms with Crippen LogP contribution in [0.5, 0.6) is 0 Å². The molecule has 0 spiro atoms. The number of benzene rings is 1. The van der Waals surface area contributed by atoms with Crippen LogP contribution in [0.25, 0.3) is 5.69 Å². The van der Waals surface area contributed by atoms with Crippen LogP contribution >= 0.6 is 11.6 Å². The average molecular weight is 308 g/mol. The topological polar surface area (TPSA) is 50.1 Å². The number of aliphatic hydroxyl groups is 1. The first kappa shape index (κ1) is 16.0. The van der Waals surface area contributed by atoms with E-state index in [0.29, 0.717) is 0 Å². The van der Waals surface area contributed by atoms with E-state index in [4.69, 9.17) is 16.7 Å². The number of nitrogens with zero attached hydrogens (tertiary/aromatic N) is 2. The largest absolute Gasteiger partial charge is 0.396 e. The molecular weight excluding hydrogens is 286 g/mol. The molecule has 0 unspecified atom stereocenters. The van der Waals surface area contributed by atoms with Gasteiger partial charge in [-0.25, -0.2) is 4.68 Å². The van der Waals surface area contributed by atoms with Crippen molar-refractivity contribution in [1.82, 2.24) is 15.1 Å². The normalized spacial score (nSPS) is 12.6. The van der Waals surface area contributed by atoms with Crippen molar-refractivity contribution in [3.05, 3.63) is 46.2 Å². The van der Waals surface area contributed by atoms with Crippen LogP contribution in [-0.2, 0) is 6.54 Å². The minimum Gasteiger partial charge on any atom is -0.396 e. The molecule has 1 atom stereocenters. The quantitative estimate of drug-likeness (QED) is 0.862. The van der Waals surface area contributed by atoms with Gasteiger partial charge in [0.1, 0.15) is 0 Å². The first-order valence-electron chi connectivity index (χ1n) is 7.18. The van der Waals surface area contributed by atoms with Gasteiger partial charge >= 0.3 is 0 Å². The molecule has 2 rings (SSSR count). The lowest BCUT2D eigenvalue weighted by Crippen LogP contribution is -2.26. The van der Waals surface area contributed by atoms with E-state index < -0.39 is 0 Å². The molecule has 1 heterocycles. The van der Waals surface area contributed by atoms with Crippen LogP contribution in [0.1, 0.15) is 30.3 Å². The van der Waals surface area contributed by atoms with Gasteiger partial charge in [0.25, 0.3) is 0 Å². The fourth-order valence-electron chi connectivity index (χ4n) is 2.34. The van der Waals surface area contributed by atoms with Gasteiger partial charge in [-0.05, 0) is 51.5 Å². The molecular formula is C16H22ClN3O. The Morgan fingerprint density at radius 1 is 1.29 bits per heavy atom. The number of aromatic nitrogens is 2. The van der Waals surface area contributed by atoms with Gasteiger partial charge in [-0.3, -0.25) is 0 Å². The third kappa shape index (κ3) is 3.84. The summed E-state index contributed by atoms with van der Waals surface area (Å²) in [6.45, 7) is 7.13. The van der Waals surface area contributed by atoms with E-state index in [1.807, 2.05) is 35.9 Å². The zero-order valence-electron chi connectivity index (χ0n) is 12.7. The predicted octanol–water partition coefficient (Wildman–Crippen LogP) is 3.00. The van der Waals surface area contributed by atoms with Crippen molar-refractivity contribution in [3.63, 3.8) is 0 Å². The molecule has 5 heteroatoms. The van der Waals surface area contributed by atoms with Gasteiger partial charge < -0.3 is 10.4 Å². The van der Waals surface area contributed by atoms with Crippen LogP contribution in [0.3, 0.4) is 0 Å². The Hall–Kier alpha value is -1.36. The van der Waals surface area contributed by atoms with Crippen LogP contribution in [0, 0.1) is 13.8 Å². The summed E-state index contributed by atoms with van der Waals surface area (Å²) in [5, 5.41) is 17.7. The minimum absolute atomic E-state index is 0.205. The second kappa shape index (κ2) is 7.07. The van der Waals surface area contributed by atoms with Gasteiger partial charge in [0.2, 0.25) is 0 Å². The summed E-state index contributed by atoms with van der Waals surface area (Å²) >= 11 is 5.93. The van der Waals surface area contributed by atoms with Crippen molar-refractivity contribution in [2.45, 2.75) is 39.8 Å². The highest BCUT2D eigenvalue weighted by molar-refractivity contribution is 6.30. The molecule has 21 heavy (non-hydrogen) atoms. The molecule has 0 bridgehead atoms. The summed E-state index contributed by atoms with van der Waals surface area (Å²) in [6.07, 6.45) is 0.753. The van der Waals surface area contributed by atoms with Gasteiger partial charge in [0.15, 0.2) is 0 Å². The number of rotatable bonds is 6. The van der Waals surface area contributed by atoms with Gasteiger partial charge in [-0.1, -0.05) is 11.6 Å². The highest BCUT2D eigenvalue weighted by Crippen LogP contribution is 2.19. The van der Waals surface area contributed by atoms with Crippen molar-refractivity contribution in [1.29, 1.82) is 0 Å². The fraction of sp³-hybridized carbons (Fsp3) is 0.438. The third-order valence-electron chi connectivity index (χ3n) is 3.70. The molecule has 0 amide bonds. The third-order valence-corrected chi connectivity index (χ3v) is 3.95. The molecule has 114 valence electrons. The van der Waals surface area contributed by atoms with E-state index in [-0.39, 0.29) is 12.6 Å². The Kier molecular flexibility index (Phi) is 5.39. The van der Waals surface area contributed by atoms with Crippen LogP contribution in [0.15, 0.2) is 24.3 Å². The Labute approximate surface area is 130 Å². The van der Waals surface area contributed by atoms with Crippen LogP contribution < -0.4 is 5.32 Å². The number of hydrogen-bond acceptors (Lipinski definition) is 3. The van der Waals surface area contributed by atoms with E-state index in [9.17, 15) is 0 Å². The Balaban J connectivity index is 2.19. The molecule has 0 aliphatic rings. The number of halogens is 1. The van der Waals surface area contributed by atoms with E-state index in [2.05, 4.69) is 24.3 Å². The highest BCUT2D eigenvalue weighted by Gasteiger charge is 2.13. The summed E-state index contributed by atoms with van der Waals surface area (Å²) < 4.78 is 1.94. The second-order valence-electron chi connectivity index (χ2n) is 5.33. The zero-order chi connectivity index (χ0) is 15.4. The van der Waals surface area contributed by atoms with E-state index in [1.165, 1.54) is 5.56 Å². The van der Waals surface area contributed by atoms with Crippen LogP contribution in [0.2, 0.25) is 5.02 Å². The van der Waals surface area contributed by atoms with Crippen molar-refractivity contribution < 1.29 is 5.11 Å². The number of aliphatic hydroxyl groups excluding tert-OH is 1.